The highest BCUT2D eigenvalue weighted by Gasteiger charge is 2.18. The molecule has 0 fully saturated rings. The lowest BCUT2D eigenvalue weighted by atomic mass is 9.89. The van der Waals surface area contributed by atoms with E-state index in [0.29, 0.717) is 11.8 Å². The van der Waals surface area contributed by atoms with E-state index in [4.69, 9.17) is 23.2 Å². The third kappa shape index (κ3) is 3.81. The second-order valence-electron chi connectivity index (χ2n) is 6.12. The van der Waals surface area contributed by atoms with E-state index < -0.39 is 0 Å². The first-order valence-corrected chi connectivity index (χ1v) is 8.25. The molecule has 2 heteroatoms. The maximum Gasteiger partial charge on any atom is 0.0838 e. The minimum Gasteiger partial charge on any atom is -0.113 e. The molecule has 0 spiro atoms. The van der Waals surface area contributed by atoms with Crippen molar-refractivity contribution in [2.75, 3.05) is 0 Å². The summed E-state index contributed by atoms with van der Waals surface area (Å²) in [6, 6.07) is 14.5. The van der Waals surface area contributed by atoms with Gasteiger partial charge < -0.3 is 0 Å². The maximum absolute atomic E-state index is 6.73. The number of alkyl halides is 1. The molecule has 0 aliphatic carbocycles. The summed E-state index contributed by atoms with van der Waals surface area (Å²) in [6.07, 6.45) is 0. The largest absolute Gasteiger partial charge is 0.113 e. The van der Waals surface area contributed by atoms with Crippen molar-refractivity contribution in [3.05, 3.63) is 69.7 Å². The summed E-state index contributed by atoms with van der Waals surface area (Å²) in [7, 11) is 0. The predicted molar refractivity (Wildman–Crippen MR) is 93.8 cm³/mol. The zero-order valence-electron chi connectivity index (χ0n) is 13.0. The second kappa shape index (κ2) is 6.85. The van der Waals surface area contributed by atoms with Crippen LogP contribution in [0.5, 0.6) is 0 Å². The van der Waals surface area contributed by atoms with E-state index >= 15 is 0 Å². The van der Waals surface area contributed by atoms with Gasteiger partial charge >= 0.3 is 0 Å². The zero-order valence-corrected chi connectivity index (χ0v) is 14.5. The summed E-state index contributed by atoms with van der Waals surface area (Å²) in [6.45, 7) is 8.86. The van der Waals surface area contributed by atoms with Gasteiger partial charge in [-0.15, -0.1) is 11.6 Å². The minimum atomic E-state index is -0.165. The molecule has 0 radical (unpaired) electrons. The van der Waals surface area contributed by atoms with Crippen molar-refractivity contribution < 1.29 is 0 Å². The van der Waals surface area contributed by atoms with Crippen molar-refractivity contribution in [2.45, 2.75) is 44.9 Å². The average molecular weight is 321 g/mol. The van der Waals surface area contributed by atoms with Crippen LogP contribution in [-0.2, 0) is 0 Å². The molecular weight excluding hydrogens is 299 g/mol. The van der Waals surface area contributed by atoms with Crippen molar-refractivity contribution in [3.63, 3.8) is 0 Å². The maximum atomic E-state index is 6.73. The molecule has 0 amide bonds. The third-order valence-corrected chi connectivity index (χ3v) is 4.54. The molecule has 0 aromatic heterocycles. The molecule has 21 heavy (non-hydrogen) atoms. The van der Waals surface area contributed by atoms with Crippen LogP contribution in [0.15, 0.2) is 42.5 Å². The topological polar surface area (TPSA) is 0 Å². The highest BCUT2D eigenvalue weighted by Crippen LogP contribution is 2.36. The highest BCUT2D eigenvalue weighted by atomic mass is 35.5. The normalized spacial score (nSPS) is 13.0. The Morgan fingerprint density at radius 2 is 1.48 bits per heavy atom. The fourth-order valence-electron chi connectivity index (χ4n) is 2.53. The first kappa shape index (κ1) is 16.4. The van der Waals surface area contributed by atoms with Crippen molar-refractivity contribution in [1.82, 2.24) is 0 Å². The Hall–Kier alpha value is -0.980. The van der Waals surface area contributed by atoms with Gasteiger partial charge in [-0.2, -0.15) is 0 Å². The Morgan fingerprint density at radius 1 is 0.762 bits per heavy atom. The Morgan fingerprint density at radius 3 is 2.05 bits per heavy atom. The quantitative estimate of drug-likeness (QED) is 0.536. The van der Waals surface area contributed by atoms with E-state index in [1.165, 1.54) is 16.7 Å². The van der Waals surface area contributed by atoms with E-state index in [0.717, 1.165) is 10.6 Å². The molecule has 0 aliphatic rings. The van der Waals surface area contributed by atoms with Crippen LogP contribution in [0, 0.1) is 0 Å². The van der Waals surface area contributed by atoms with Gasteiger partial charge in [-0.25, -0.2) is 0 Å². The Balaban J connectivity index is 2.47. The number of halogens is 2. The Bertz CT molecular complexity index is 615. The lowest BCUT2D eigenvalue weighted by Crippen LogP contribution is -2.03. The van der Waals surface area contributed by atoms with Crippen LogP contribution < -0.4 is 0 Å². The van der Waals surface area contributed by atoms with Gasteiger partial charge in [0.05, 0.1) is 5.38 Å². The van der Waals surface area contributed by atoms with E-state index in [9.17, 15) is 0 Å². The Kier molecular flexibility index (Phi) is 5.35. The molecular formula is C19H22Cl2. The molecule has 112 valence electrons. The number of benzene rings is 2. The van der Waals surface area contributed by atoms with Crippen LogP contribution in [0.2, 0.25) is 5.02 Å². The Labute approximate surface area is 138 Å². The number of hydrogen-bond acceptors (Lipinski definition) is 0. The SMILES string of the molecule is CC(C)c1ccc(C(Cl)c2cccc(Cl)c2)c(C(C)C)c1. The summed E-state index contributed by atoms with van der Waals surface area (Å²) in [5, 5.41) is 0.561. The second-order valence-corrected chi connectivity index (χ2v) is 6.99. The van der Waals surface area contributed by atoms with Crippen LogP contribution >= 0.6 is 23.2 Å². The molecule has 1 atom stereocenters. The lowest BCUT2D eigenvalue weighted by molar-refractivity contribution is 0.818. The van der Waals surface area contributed by atoms with E-state index in [1.54, 1.807) is 0 Å². The third-order valence-electron chi connectivity index (χ3n) is 3.81. The molecule has 0 saturated carbocycles. The lowest BCUT2D eigenvalue weighted by Gasteiger charge is -2.20. The molecule has 0 saturated heterocycles. The fourth-order valence-corrected chi connectivity index (χ4v) is 3.06. The summed E-state index contributed by atoms with van der Waals surface area (Å²) in [5.41, 5.74) is 4.90. The summed E-state index contributed by atoms with van der Waals surface area (Å²) in [5.74, 6) is 0.968. The van der Waals surface area contributed by atoms with Gasteiger partial charge in [0.15, 0.2) is 0 Å². The smallest absolute Gasteiger partial charge is 0.0838 e. The molecule has 0 N–H and O–H groups in total. The minimum absolute atomic E-state index is 0.165. The van der Waals surface area contributed by atoms with Gasteiger partial charge in [-0.3, -0.25) is 0 Å². The standard InChI is InChI=1S/C19H22Cl2/c1-12(2)14-8-9-17(18(11-14)13(3)4)19(21)15-6-5-7-16(20)10-15/h5-13,19H,1-4H3. The molecule has 2 aromatic carbocycles. The van der Waals surface area contributed by atoms with E-state index in [1.807, 2.05) is 24.3 Å². The van der Waals surface area contributed by atoms with Crippen LogP contribution in [0.1, 0.15) is 67.2 Å². The first-order chi connectivity index (χ1) is 9.90. The van der Waals surface area contributed by atoms with Crippen LogP contribution in [0.25, 0.3) is 0 Å². The van der Waals surface area contributed by atoms with Gasteiger partial charge in [0.2, 0.25) is 0 Å². The van der Waals surface area contributed by atoms with E-state index in [2.05, 4.69) is 45.9 Å². The molecule has 1 unspecified atom stereocenters. The van der Waals surface area contributed by atoms with Gasteiger partial charge in [0.25, 0.3) is 0 Å². The number of hydrogen-bond donors (Lipinski definition) is 0. The van der Waals surface area contributed by atoms with Gasteiger partial charge in [-0.05, 0) is 46.2 Å². The van der Waals surface area contributed by atoms with Gasteiger partial charge in [0, 0.05) is 5.02 Å². The molecule has 0 aliphatic heterocycles. The number of rotatable bonds is 4. The van der Waals surface area contributed by atoms with Crippen molar-refractivity contribution in [1.29, 1.82) is 0 Å². The fraction of sp³-hybridized carbons (Fsp3) is 0.368. The summed E-state index contributed by atoms with van der Waals surface area (Å²) < 4.78 is 0. The molecule has 0 nitrogen and oxygen atoms in total. The van der Waals surface area contributed by atoms with Crippen LogP contribution in [-0.4, -0.2) is 0 Å². The monoisotopic (exact) mass is 320 g/mol. The van der Waals surface area contributed by atoms with Crippen molar-refractivity contribution in [2.24, 2.45) is 0 Å². The molecule has 0 heterocycles. The predicted octanol–water partition coefficient (Wildman–Crippen LogP) is 6.92. The summed E-state index contributed by atoms with van der Waals surface area (Å²) >= 11 is 12.8. The average Bonchev–Trinajstić information content (AvgIpc) is 2.45. The summed E-state index contributed by atoms with van der Waals surface area (Å²) in [4.78, 5) is 0. The van der Waals surface area contributed by atoms with Gasteiger partial charge in [-0.1, -0.05) is 69.6 Å². The van der Waals surface area contributed by atoms with Crippen LogP contribution in [0.4, 0.5) is 0 Å². The van der Waals surface area contributed by atoms with Crippen LogP contribution in [0.3, 0.4) is 0 Å². The molecule has 0 bridgehead atoms. The molecule has 2 aromatic rings. The van der Waals surface area contributed by atoms with Crippen molar-refractivity contribution >= 4 is 23.2 Å². The highest BCUT2D eigenvalue weighted by molar-refractivity contribution is 6.30. The first-order valence-electron chi connectivity index (χ1n) is 7.43. The zero-order chi connectivity index (χ0) is 15.6. The van der Waals surface area contributed by atoms with Gasteiger partial charge in [0.1, 0.15) is 0 Å². The molecule has 2 rings (SSSR count). The van der Waals surface area contributed by atoms with E-state index in [-0.39, 0.29) is 5.38 Å². The van der Waals surface area contributed by atoms with Crippen molar-refractivity contribution in [3.8, 4) is 0 Å².